The maximum absolute atomic E-state index is 12.5. The Bertz CT molecular complexity index is 1050. The fraction of sp³-hybridized carbons (Fsp3) is 0.458. The molecule has 0 bridgehead atoms. The second kappa shape index (κ2) is 8.68. The molecule has 2 aliphatic heterocycles. The average molecular weight is 434 g/mol. The summed E-state index contributed by atoms with van der Waals surface area (Å²) in [6, 6.07) is 7.56. The summed E-state index contributed by atoms with van der Waals surface area (Å²) in [6.45, 7) is 1.06. The van der Waals surface area contributed by atoms with E-state index < -0.39 is 0 Å². The Morgan fingerprint density at radius 2 is 1.69 bits per heavy atom. The van der Waals surface area contributed by atoms with Gasteiger partial charge in [0.2, 0.25) is 17.7 Å². The van der Waals surface area contributed by atoms with Crippen molar-refractivity contribution in [1.82, 2.24) is 19.7 Å². The molecule has 8 heteroatoms. The molecule has 0 radical (unpaired) electrons. The van der Waals surface area contributed by atoms with Crippen molar-refractivity contribution in [2.45, 2.75) is 51.5 Å². The Morgan fingerprint density at radius 1 is 0.969 bits per heavy atom. The lowest BCUT2D eigenvalue weighted by molar-refractivity contribution is -0.140. The molecule has 1 aromatic heterocycles. The second-order valence-corrected chi connectivity index (χ2v) is 8.76. The van der Waals surface area contributed by atoms with E-state index in [0.29, 0.717) is 18.5 Å². The number of likely N-dealkylation sites (tertiary alicyclic amines) is 1. The molecule has 1 aliphatic carbocycles. The molecule has 0 unspecified atom stereocenters. The normalized spacial score (nSPS) is 22.4. The standard InChI is InChI=1S/C24H27N5O3/c30-21(13-15-29-23(31)18-6-3-4-7-19(18)24(29)32)25-17-11-9-16(10-12-17)22-27-26-20-8-2-1-5-14-28(20)22/h3-4,9-12,18-19H,1-2,5-8,13-15H2,(H,25,30)/t18-,19-/m0/s1. The summed E-state index contributed by atoms with van der Waals surface area (Å²) >= 11 is 0. The highest BCUT2D eigenvalue weighted by Crippen LogP contribution is 2.35. The van der Waals surface area contributed by atoms with Gasteiger partial charge in [0.15, 0.2) is 5.82 Å². The number of carbonyl (C=O) groups is 3. The summed E-state index contributed by atoms with van der Waals surface area (Å²) in [7, 11) is 0. The van der Waals surface area contributed by atoms with Crippen molar-refractivity contribution in [1.29, 1.82) is 0 Å². The molecule has 1 aromatic carbocycles. The molecule has 0 spiro atoms. The van der Waals surface area contributed by atoms with E-state index in [0.717, 1.165) is 43.0 Å². The summed E-state index contributed by atoms with van der Waals surface area (Å²) in [4.78, 5) is 38.7. The van der Waals surface area contributed by atoms with Crippen LogP contribution in [0.1, 0.15) is 44.3 Å². The summed E-state index contributed by atoms with van der Waals surface area (Å²) < 4.78 is 2.19. The van der Waals surface area contributed by atoms with Crippen LogP contribution < -0.4 is 5.32 Å². The van der Waals surface area contributed by atoms with Crippen molar-refractivity contribution in [3.8, 4) is 11.4 Å². The van der Waals surface area contributed by atoms with E-state index in [1.165, 1.54) is 11.3 Å². The number of amides is 3. The minimum Gasteiger partial charge on any atom is -0.326 e. The fourth-order valence-electron chi connectivity index (χ4n) is 4.93. The third kappa shape index (κ3) is 3.85. The van der Waals surface area contributed by atoms with Crippen LogP contribution in [0.2, 0.25) is 0 Å². The first-order valence-electron chi connectivity index (χ1n) is 11.4. The number of allylic oxidation sites excluding steroid dienone is 2. The first kappa shape index (κ1) is 20.6. The van der Waals surface area contributed by atoms with E-state index >= 15 is 0 Å². The maximum Gasteiger partial charge on any atom is 0.233 e. The lowest BCUT2D eigenvalue weighted by atomic mass is 9.85. The summed E-state index contributed by atoms with van der Waals surface area (Å²) in [5.41, 5.74) is 1.64. The zero-order chi connectivity index (χ0) is 22.1. The lowest BCUT2D eigenvalue weighted by Gasteiger charge is -2.14. The third-order valence-electron chi connectivity index (χ3n) is 6.70. The molecule has 1 saturated heterocycles. The van der Waals surface area contributed by atoms with E-state index in [1.807, 2.05) is 36.4 Å². The van der Waals surface area contributed by atoms with Gasteiger partial charge < -0.3 is 9.88 Å². The van der Waals surface area contributed by atoms with E-state index in [9.17, 15) is 14.4 Å². The SMILES string of the molecule is O=C(CCN1C(=O)[C@H]2CC=CC[C@@H]2C1=O)Nc1ccc(-c2nnc3n2CCCCC3)cc1. The molecular weight excluding hydrogens is 406 g/mol. The highest BCUT2D eigenvalue weighted by Gasteiger charge is 2.46. The minimum absolute atomic E-state index is 0.0871. The van der Waals surface area contributed by atoms with Gasteiger partial charge in [0, 0.05) is 37.2 Å². The monoisotopic (exact) mass is 433 g/mol. The van der Waals surface area contributed by atoms with Gasteiger partial charge in [-0.1, -0.05) is 18.6 Å². The second-order valence-electron chi connectivity index (χ2n) is 8.76. The molecule has 2 atom stereocenters. The summed E-state index contributed by atoms with van der Waals surface area (Å²) in [6.07, 6.45) is 9.68. The maximum atomic E-state index is 12.5. The van der Waals surface area contributed by atoms with Gasteiger partial charge in [-0.25, -0.2) is 0 Å². The average Bonchev–Trinajstić information content (AvgIpc) is 3.21. The van der Waals surface area contributed by atoms with Crippen LogP contribution in [0.15, 0.2) is 36.4 Å². The van der Waals surface area contributed by atoms with Crippen LogP contribution in [-0.4, -0.2) is 43.9 Å². The van der Waals surface area contributed by atoms with Crippen LogP contribution in [0.3, 0.4) is 0 Å². The molecule has 0 saturated carbocycles. The van der Waals surface area contributed by atoms with Crippen LogP contribution in [-0.2, 0) is 27.3 Å². The van der Waals surface area contributed by atoms with Crippen molar-refractivity contribution in [3.05, 3.63) is 42.2 Å². The highest BCUT2D eigenvalue weighted by molar-refractivity contribution is 6.05. The number of nitrogens with one attached hydrogen (secondary N) is 1. The number of imide groups is 1. The predicted octanol–water partition coefficient (Wildman–Crippen LogP) is 2.95. The van der Waals surface area contributed by atoms with E-state index in [-0.39, 0.29) is 42.5 Å². The largest absolute Gasteiger partial charge is 0.326 e. The van der Waals surface area contributed by atoms with Gasteiger partial charge >= 0.3 is 0 Å². The number of hydrogen-bond acceptors (Lipinski definition) is 5. The van der Waals surface area contributed by atoms with E-state index in [4.69, 9.17) is 0 Å². The van der Waals surface area contributed by atoms with Crippen LogP contribution in [0.5, 0.6) is 0 Å². The van der Waals surface area contributed by atoms with Gasteiger partial charge in [-0.05, 0) is 49.9 Å². The van der Waals surface area contributed by atoms with Crippen molar-refractivity contribution in [3.63, 3.8) is 0 Å². The smallest absolute Gasteiger partial charge is 0.233 e. The Balaban J connectivity index is 1.18. The molecule has 32 heavy (non-hydrogen) atoms. The van der Waals surface area contributed by atoms with Crippen LogP contribution >= 0.6 is 0 Å². The molecule has 1 fully saturated rings. The number of aryl methyl sites for hydroxylation is 1. The van der Waals surface area contributed by atoms with Crippen molar-refractivity contribution in [2.75, 3.05) is 11.9 Å². The van der Waals surface area contributed by atoms with Gasteiger partial charge in [0.1, 0.15) is 5.82 Å². The fourth-order valence-corrected chi connectivity index (χ4v) is 4.93. The van der Waals surface area contributed by atoms with Crippen LogP contribution in [0.25, 0.3) is 11.4 Å². The molecule has 8 nitrogen and oxygen atoms in total. The minimum atomic E-state index is -0.254. The number of benzene rings is 1. The zero-order valence-electron chi connectivity index (χ0n) is 18.0. The first-order valence-corrected chi connectivity index (χ1v) is 11.4. The molecule has 5 rings (SSSR count). The molecular formula is C24H27N5O3. The van der Waals surface area contributed by atoms with Crippen molar-refractivity contribution in [2.24, 2.45) is 11.8 Å². The van der Waals surface area contributed by atoms with Gasteiger partial charge in [0.25, 0.3) is 0 Å². The summed E-state index contributed by atoms with van der Waals surface area (Å²) in [5, 5.41) is 11.6. The third-order valence-corrected chi connectivity index (χ3v) is 6.70. The Labute approximate surface area is 186 Å². The number of anilines is 1. The number of nitrogens with zero attached hydrogens (tertiary/aromatic N) is 4. The van der Waals surface area contributed by atoms with Crippen molar-refractivity contribution < 1.29 is 14.4 Å². The number of hydrogen-bond donors (Lipinski definition) is 1. The Hall–Kier alpha value is -3.29. The van der Waals surface area contributed by atoms with Crippen LogP contribution in [0, 0.1) is 11.8 Å². The van der Waals surface area contributed by atoms with E-state index in [2.05, 4.69) is 20.1 Å². The number of carbonyl (C=O) groups excluding carboxylic acids is 3. The van der Waals surface area contributed by atoms with Gasteiger partial charge in [-0.15, -0.1) is 10.2 Å². The van der Waals surface area contributed by atoms with E-state index in [1.54, 1.807) is 0 Å². The molecule has 1 N–H and O–H groups in total. The molecule has 3 heterocycles. The van der Waals surface area contributed by atoms with Crippen LogP contribution in [0.4, 0.5) is 5.69 Å². The van der Waals surface area contributed by atoms with Gasteiger partial charge in [-0.3, -0.25) is 19.3 Å². The molecule has 166 valence electrons. The number of aromatic nitrogens is 3. The number of rotatable bonds is 5. The Morgan fingerprint density at radius 3 is 2.41 bits per heavy atom. The Kier molecular flexibility index (Phi) is 5.59. The molecule has 2 aromatic rings. The van der Waals surface area contributed by atoms with Gasteiger partial charge in [0.05, 0.1) is 11.8 Å². The highest BCUT2D eigenvalue weighted by atomic mass is 16.2. The first-order chi connectivity index (χ1) is 15.6. The van der Waals surface area contributed by atoms with Gasteiger partial charge in [-0.2, -0.15) is 0 Å². The topological polar surface area (TPSA) is 97.2 Å². The molecule has 3 aliphatic rings. The molecule has 3 amide bonds. The zero-order valence-corrected chi connectivity index (χ0v) is 18.0. The predicted molar refractivity (Wildman–Crippen MR) is 118 cm³/mol. The number of fused-ring (bicyclic) bond motifs is 2. The lowest BCUT2D eigenvalue weighted by Crippen LogP contribution is -2.34. The van der Waals surface area contributed by atoms with Crippen molar-refractivity contribution >= 4 is 23.4 Å². The summed E-state index contributed by atoms with van der Waals surface area (Å²) in [5.74, 6) is 0.884. The quantitative estimate of drug-likeness (QED) is 0.578.